The second kappa shape index (κ2) is 4.45. The zero-order valence-electron chi connectivity index (χ0n) is 8.66. The van der Waals surface area contributed by atoms with Gasteiger partial charge in [-0.25, -0.2) is 5.10 Å². The van der Waals surface area contributed by atoms with Gasteiger partial charge in [-0.15, -0.1) is 0 Å². The van der Waals surface area contributed by atoms with Gasteiger partial charge in [0.1, 0.15) is 0 Å². The molecule has 0 aliphatic carbocycles. The maximum atomic E-state index is 11.1. The van der Waals surface area contributed by atoms with Crippen LogP contribution in [0.4, 0.5) is 0 Å². The molecule has 1 fully saturated rings. The fraction of sp³-hybridized carbons (Fsp3) is 0.600. The van der Waals surface area contributed by atoms with Crippen LogP contribution in [0.15, 0.2) is 15.3 Å². The van der Waals surface area contributed by atoms with Crippen molar-refractivity contribution in [2.45, 2.75) is 18.8 Å². The smallest absolute Gasteiger partial charge is 0.278 e. The Morgan fingerprint density at radius 2 is 2.47 bits per heavy atom. The summed E-state index contributed by atoms with van der Waals surface area (Å²) in [4.78, 5) is 13.4. The van der Waals surface area contributed by atoms with Gasteiger partial charge in [0.05, 0.1) is 10.2 Å². The molecule has 4 nitrogen and oxygen atoms in total. The van der Waals surface area contributed by atoms with E-state index in [1.165, 1.54) is 6.42 Å². The Kier molecular flexibility index (Phi) is 3.21. The molecule has 0 aromatic carbocycles. The van der Waals surface area contributed by atoms with Gasteiger partial charge in [0.25, 0.3) is 5.56 Å². The summed E-state index contributed by atoms with van der Waals surface area (Å²) >= 11 is 3.23. The van der Waals surface area contributed by atoms with E-state index in [1.807, 2.05) is 6.07 Å². The number of nitrogens with one attached hydrogen (secondary N) is 1. The predicted molar refractivity (Wildman–Crippen MR) is 62.0 cm³/mol. The Morgan fingerprint density at radius 3 is 3.13 bits per heavy atom. The molecule has 0 saturated carbocycles. The second-order valence-electron chi connectivity index (χ2n) is 4.07. The van der Waals surface area contributed by atoms with Crippen LogP contribution in [0.1, 0.15) is 24.5 Å². The van der Waals surface area contributed by atoms with Crippen molar-refractivity contribution in [1.29, 1.82) is 0 Å². The van der Waals surface area contributed by atoms with Gasteiger partial charge in [-0.05, 0) is 48.4 Å². The lowest BCUT2D eigenvalue weighted by molar-refractivity contribution is 0.247. The average Bonchev–Trinajstić information content (AvgIpc) is 2.22. The van der Waals surface area contributed by atoms with Gasteiger partial charge in [-0.2, -0.15) is 5.10 Å². The first-order chi connectivity index (χ1) is 7.16. The molecule has 1 aliphatic rings. The van der Waals surface area contributed by atoms with Crippen LogP contribution in [0.2, 0.25) is 0 Å². The van der Waals surface area contributed by atoms with E-state index in [2.05, 4.69) is 38.1 Å². The van der Waals surface area contributed by atoms with Crippen LogP contribution in [0.5, 0.6) is 0 Å². The largest absolute Gasteiger partial charge is 0.306 e. The third-order valence-corrected chi connectivity index (χ3v) is 3.41. The molecule has 0 radical (unpaired) electrons. The summed E-state index contributed by atoms with van der Waals surface area (Å²) in [6, 6.07) is 1.84. The van der Waals surface area contributed by atoms with Gasteiger partial charge in [0.2, 0.25) is 0 Å². The Bertz CT molecular complexity index is 404. The topological polar surface area (TPSA) is 49.0 Å². The monoisotopic (exact) mass is 271 g/mol. The van der Waals surface area contributed by atoms with E-state index in [1.54, 1.807) is 0 Å². The van der Waals surface area contributed by atoms with E-state index < -0.39 is 0 Å². The predicted octanol–water partition coefficient (Wildman–Crippen LogP) is 1.34. The van der Waals surface area contributed by atoms with Gasteiger partial charge >= 0.3 is 0 Å². The molecule has 1 N–H and O–H groups in total. The molecular weight excluding hydrogens is 258 g/mol. The van der Waals surface area contributed by atoms with Crippen LogP contribution in [0.3, 0.4) is 0 Å². The van der Waals surface area contributed by atoms with E-state index in [0.29, 0.717) is 10.4 Å². The zero-order chi connectivity index (χ0) is 10.8. The molecule has 15 heavy (non-hydrogen) atoms. The SMILES string of the molecule is CN1CCCC(c2cc(Br)c(=O)[nH]n2)C1. The Morgan fingerprint density at radius 1 is 1.67 bits per heavy atom. The van der Waals surface area contributed by atoms with Gasteiger partial charge in [0, 0.05) is 12.5 Å². The van der Waals surface area contributed by atoms with Crippen molar-refractivity contribution in [2.24, 2.45) is 0 Å². The fourth-order valence-electron chi connectivity index (χ4n) is 2.01. The van der Waals surface area contributed by atoms with Crippen molar-refractivity contribution < 1.29 is 0 Å². The van der Waals surface area contributed by atoms with Crippen LogP contribution < -0.4 is 5.56 Å². The molecule has 0 bridgehead atoms. The molecule has 1 aromatic rings. The maximum absolute atomic E-state index is 11.1. The number of hydrogen-bond donors (Lipinski definition) is 1. The summed E-state index contributed by atoms with van der Waals surface area (Å²) < 4.78 is 0.570. The maximum Gasteiger partial charge on any atom is 0.278 e. The number of aromatic amines is 1. The quantitative estimate of drug-likeness (QED) is 0.839. The molecular formula is C10H14BrN3O. The normalized spacial score (nSPS) is 22.9. The summed E-state index contributed by atoms with van der Waals surface area (Å²) in [5.74, 6) is 0.442. The second-order valence-corrected chi connectivity index (χ2v) is 4.93. The number of nitrogens with zero attached hydrogens (tertiary/aromatic N) is 2. The molecule has 1 unspecified atom stereocenters. The van der Waals surface area contributed by atoms with Crippen molar-refractivity contribution in [3.05, 3.63) is 26.6 Å². The standard InChI is InChI=1S/C10H14BrN3O/c1-14-4-2-3-7(6-14)9-5-8(11)10(15)13-12-9/h5,7H,2-4,6H2,1H3,(H,13,15). The van der Waals surface area contributed by atoms with Gasteiger partial charge in [0.15, 0.2) is 0 Å². The molecule has 82 valence electrons. The lowest BCUT2D eigenvalue weighted by Crippen LogP contribution is -2.31. The number of hydrogen-bond acceptors (Lipinski definition) is 3. The number of H-pyrrole nitrogens is 1. The lowest BCUT2D eigenvalue weighted by Gasteiger charge is -2.28. The highest BCUT2D eigenvalue weighted by molar-refractivity contribution is 9.10. The first-order valence-corrected chi connectivity index (χ1v) is 5.90. The number of likely N-dealkylation sites (N-methyl/N-ethyl adjacent to an activating group) is 1. The van der Waals surface area contributed by atoms with Gasteiger partial charge < -0.3 is 4.90 Å². The summed E-state index contributed by atoms with van der Waals surface area (Å²) in [5.41, 5.74) is 0.816. The van der Waals surface area contributed by atoms with Crippen LogP contribution in [0.25, 0.3) is 0 Å². The molecule has 5 heteroatoms. The number of rotatable bonds is 1. The van der Waals surface area contributed by atoms with E-state index in [4.69, 9.17) is 0 Å². The third-order valence-electron chi connectivity index (χ3n) is 2.82. The molecule has 2 rings (SSSR count). The van der Waals surface area contributed by atoms with E-state index in [-0.39, 0.29) is 5.56 Å². The van der Waals surface area contributed by atoms with E-state index in [0.717, 1.165) is 25.2 Å². The summed E-state index contributed by atoms with van der Waals surface area (Å²) in [5, 5.41) is 6.61. The molecule has 2 heterocycles. The fourth-order valence-corrected chi connectivity index (χ4v) is 2.34. The number of likely N-dealkylation sites (tertiary alicyclic amines) is 1. The van der Waals surface area contributed by atoms with E-state index >= 15 is 0 Å². The summed E-state index contributed by atoms with van der Waals surface area (Å²) in [7, 11) is 2.12. The number of piperidine rings is 1. The Balaban J connectivity index is 2.21. The summed E-state index contributed by atoms with van der Waals surface area (Å²) in [6.07, 6.45) is 2.34. The Hall–Kier alpha value is -0.680. The zero-order valence-corrected chi connectivity index (χ0v) is 10.2. The number of halogens is 1. The third kappa shape index (κ3) is 2.46. The lowest BCUT2D eigenvalue weighted by atomic mass is 9.95. The minimum Gasteiger partial charge on any atom is -0.306 e. The highest BCUT2D eigenvalue weighted by atomic mass is 79.9. The van der Waals surface area contributed by atoms with Crippen molar-refractivity contribution >= 4 is 15.9 Å². The van der Waals surface area contributed by atoms with Gasteiger partial charge in [-0.1, -0.05) is 0 Å². The average molecular weight is 272 g/mol. The van der Waals surface area contributed by atoms with E-state index in [9.17, 15) is 4.79 Å². The molecule has 1 atom stereocenters. The molecule has 1 aromatic heterocycles. The van der Waals surface area contributed by atoms with Crippen LogP contribution in [-0.4, -0.2) is 35.2 Å². The van der Waals surface area contributed by atoms with Gasteiger partial charge in [-0.3, -0.25) is 4.79 Å². The van der Waals surface area contributed by atoms with Crippen molar-refractivity contribution in [3.63, 3.8) is 0 Å². The van der Waals surface area contributed by atoms with Crippen LogP contribution in [0, 0.1) is 0 Å². The summed E-state index contributed by atoms with van der Waals surface area (Å²) in [6.45, 7) is 2.17. The molecule has 0 spiro atoms. The molecule has 1 saturated heterocycles. The van der Waals surface area contributed by atoms with Crippen LogP contribution in [-0.2, 0) is 0 Å². The highest BCUT2D eigenvalue weighted by Gasteiger charge is 2.20. The molecule has 0 amide bonds. The molecule has 1 aliphatic heterocycles. The van der Waals surface area contributed by atoms with Crippen LogP contribution >= 0.6 is 15.9 Å². The first kappa shape index (κ1) is 10.8. The van der Waals surface area contributed by atoms with Crippen molar-refractivity contribution in [2.75, 3.05) is 20.1 Å². The van der Waals surface area contributed by atoms with Crippen molar-refractivity contribution in [3.8, 4) is 0 Å². The first-order valence-electron chi connectivity index (χ1n) is 5.10. The minimum atomic E-state index is -0.164. The van der Waals surface area contributed by atoms with Crippen molar-refractivity contribution in [1.82, 2.24) is 15.1 Å². The highest BCUT2D eigenvalue weighted by Crippen LogP contribution is 2.24. The Labute approximate surface area is 96.8 Å². The number of aromatic nitrogens is 2. The minimum absolute atomic E-state index is 0.164.